The molecule has 2 rings (SSSR count). The minimum atomic E-state index is -1.36. The van der Waals surface area contributed by atoms with E-state index in [9.17, 15) is 24.4 Å². The molecule has 0 heterocycles. The molecule has 1 N–H and O–H groups in total. The second-order valence-corrected chi connectivity index (χ2v) is 9.03. The Hall–Kier alpha value is -2.65. The molecule has 0 spiro atoms. The van der Waals surface area contributed by atoms with Gasteiger partial charge >= 0.3 is 0 Å². The van der Waals surface area contributed by atoms with E-state index in [0.29, 0.717) is 6.42 Å². The van der Waals surface area contributed by atoms with Crippen LogP contribution in [-0.4, -0.2) is 18.8 Å². The lowest BCUT2D eigenvalue weighted by molar-refractivity contribution is -0.385. The summed E-state index contributed by atoms with van der Waals surface area (Å²) in [5, 5.41) is 21.7. The summed E-state index contributed by atoms with van der Waals surface area (Å²) in [6, 6.07) is 11.8. The Balaban J connectivity index is 2.29. The third-order valence-corrected chi connectivity index (χ3v) is 5.51. The van der Waals surface area contributed by atoms with Gasteiger partial charge in [0.15, 0.2) is 0 Å². The van der Waals surface area contributed by atoms with Gasteiger partial charge in [-0.2, -0.15) is 0 Å². The Morgan fingerprint density at radius 3 is 1.78 bits per heavy atom. The normalized spacial score (nSPS) is 13.7. The summed E-state index contributed by atoms with van der Waals surface area (Å²) < 4.78 is 15.1. The van der Waals surface area contributed by atoms with Crippen LogP contribution in [0.1, 0.15) is 37.9 Å². The fourth-order valence-electron chi connectivity index (χ4n) is 2.35. The third-order valence-electron chi connectivity index (χ3n) is 3.90. The lowest BCUT2D eigenvalue weighted by atomic mass is 9.99. The van der Waals surface area contributed by atoms with Crippen LogP contribution >= 0.6 is 0 Å². The first-order chi connectivity index (χ1) is 12.6. The summed E-state index contributed by atoms with van der Waals surface area (Å²) >= 11 is 0. The van der Waals surface area contributed by atoms with E-state index >= 15 is 0 Å². The smallest absolute Gasteiger partial charge is 0.258 e. The van der Waals surface area contributed by atoms with Crippen molar-refractivity contribution in [2.45, 2.75) is 38.0 Å². The molecule has 0 amide bonds. The van der Waals surface area contributed by atoms with Crippen molar-refractivity contribution in [3.05, 3.63) is 79.9 Å². The number of benzene rings is 2. The van der Waals surface area contributed by atoms with Crippen molar-refractivity contribution < 1.29 is 14.1 Å². The number of nitrogens with one attached hydrogen (secondary N) is 1. The molecule has 0 bridgehead atoms. The zero-order valence-electron chi connectivity index (χ0n) is 15.2. The van der Waals surface area contributed by atoms with Gasteiger partial charge in [-0.25, -0.2) is 8.93 Å². The maximum Gasteiger partial charge on any atom is 0.269 e. The third kappa shape index (κ3) is 5.66. The quantitative estimate of drug-likeness (QED) is 0.569. The van der Waals surface area contributed by atoms with Crippen LogP contribution in [0.3, 0.4) is 0 Å². The summed E-state index contributed by atoms with van der Waals surface area (Å²) in [4.78, 5) is 20.7. The van der Waals surface area contributed by atoms with Crippen molar-refractivity contribution in [2.24, 2.45) is 0 Å². The van der Waals surface area contributed by atoms with Crippen molar-refractivity contribution in [1.29, 1.82) is 0 Å². The number of nitro benzene ring substituents is 2. The van der Waals surface area contributed by atoms with Gasteiger partial charge in [0.05, 0.1) is 25.6 Å². The van der Waals surface area contributed by atoms with E-state index in [4.69, 9.17) is 0 Å². The molecule has 27 heavy (non-hydrogen) atoms. The van der Waals surface area contributed by atoms with Crippen LogP contribution in [0.15, 0.2) is 48.5 Å². The van der Waals surface area contributed by atoms with Crippen molar-refractivity contribution in [2.75, 3.05) is 0 Å². The molecule has 2 aromatic rings. The molecule has 9 heteroatoms. The summed E-state index contributed by atoms with van der Waals surface area (Å²) in [7, 11) is -1.36. The topological polar surface area (TPSA) is 115 Å². The van der Waals surface area contributed by atoms with E-state index in [1.54, 1.807) is 24.3 Å². The predicted octanol–water partition coefficient (Wildman–Crippen LogP) is 3.84. The maximum absolute atomic E-state index is 12.6. The minimum absolute atomic E-state index is 0.00290. The van der Waals surface area contributed by atoms with Crippen LogP contribution in [0.2, 0.25) is 0 Å². The van der Waals surface area contributed by atoms with Crippen LogP contribution < -0.4 is 4.72 Å². The first-order valence-corrected chi connectivity index (χ1v) is 9.38. The SMILES string of the molecule is CC(C)(C)[S@@](=O)N[C@H](Cc1ccc([N+](=O)[O-])cc1)c1ccc([N+](=O)[O-])cc1. The van der Waals surface area contributed by atoms with Gasteiger partial charge in [-0.15, -0.1) is 0 Å². The number of hydrogen-bond acceptors (Lipinski definition) is 5. The highest BCUT2D eigenvalue weighted by Gasteiger charge is 2.24. The Labute approximate surface area is 159 Å². The van der Waals surface area contributed by atoms with Crippen molar-refractivity contribution >= 4 is 22.4 Å². The highest BCUT2D eigenvalue weighted by molar-refractivity contribution is 7.84. The molecule has 2 aromatic carbocycles. The number of nitro groups is 2. The predicted molar refractivity (Wildman–Crippen MR) is 104 cm³/mol. The van der Waals surface area contributed by atoms with Gasteiger partial charge in [0, 0.05) is 30.3 Å². The van der Waals surface area contributed by atoms with E-state index in [1.807, 2.05) is 20.8 Å². The Morgan fingerprint density at radius 2 is 1.37 bits per heavy atom. The van der Waals surface area contributed by atoms with Gasteiger partial charge < -0.3 is 0 Å². The summed E-state index contributed by atoms with van der Waals surface area (Å²) in [5.41, 5.74) is 1.54. The standard InChI is InChI=1S/C18H21N3O5S/c1-18(2,3)27(26)19-17(14-6-10-16(11-7-14)21(24)25)12-13-4-8-15(9-5-13)20(22)23/h4-11,17,19H,12H2,1-3H3/t17-,27-/m1/s1. The average molecular weight is 391 g/mol. The summed E-state index contributed by atoms with van der Waals surface area (Å²) in [6.45, 7) is 5.53. The molecular weight excluding hydrogens is 370 g/mol. The number of nitrogens with zero attached hydrogens (tertiary/aromatic N) is 2. The number of rotatable bonds is 7. The van der Waals surface area contributed by atoms with Crippen molar-refractivity contribution in [1.82, 2.24) is 4.72 Å². The first-order valence-electron chi connectivity index (χ1n) is 8.23. The molecule has 0 radical (unpaired) electrons. The molecule has 144 valence electrons. The zero-order valence-corrected chi connectivity index (χ0v) is 16.1. The van der Waals surface area contributed by atoms with E-state index in [1.165, 1.54) is 24.3 Å². The summed E-state index contributed by atoms with van der Waals surface area (Å²) in [6.07, 6.45) is 0.428. The van der Waals surface area contributed by atoms with Gasteiger partial charge in [0.25, 0.3) is 11.4 Å². The molecule has 8 nitrogen and oxygen atoms in total. The number of non-ortho nitro benzene ring substituents is 2. The second-order valence-electron chi connectivity index (χ2n) is 7.03. The van der Waals surface area contributed by atoms with Crippen LogP contribution in [0.25, 0.3) is 0 Å². The molecule has 0 saturated carbocycles. The largest absolute Gasteiger partial charge is 0.269 e. The lowest BCUT2D eigenvalue weighted by Crippen LogP contribution is -2.36. The molecule has 0 aliphatic rings. The fraction of sp³-hybridized carbons (Fsp3) is 0.333. The molecule has 0 unspecified atom stereocenters. The van der Waals surface area contributed by atoms with Crippen molar-refractivity contribution in [3.8, 4) is 0 Å². The molecule has 0 aliphatic heterocycles. The molecule has 2 atom stereocenters. The number of hydrogen-bond donors (Lipinski definition) is 1. The lowest BCUT2D eigenvalue weighted by Gasteiger charge is -2.24. The van der Waals surface area contributed by atoms with E-state index < -0.39 is 25.6 Å². The Bertz CT molecular complexity index is 845. The van der Waals surface area contributed by atoms with Gasteiger partial charge in [-0.05, 0) is 38.3 Å². The Kier molecular flexibility index (Phi) is 6.40. The maximum atomic E-state index is 12.6. The highest BCUT2D eigenvalue weighted by Crippen LogP contribution is 2.24. The Morgan fingerprint density at radius 1 is 0.926 bits per heavy atom. The first kappa shape index (κ1) is 20.7. The van der Waals surface area contributed by atoms with E-state index in [2.05, 4.69) is 4.72 Å². The average Bonchev–Trinajstić information content (AvgIpc) is 2.60. The van der Waals surface area contributed by atoms with Gasteiger partial charge in [-0.1, -0.05) is 24.3 Å². The monoisotopic (exact) mass is 391 g/mol. The fourth-order valence-corrected chi connectivity index (χ4v) is 3.18. The minimum Gasteiger partial charge on any atom is -0.258 e. The molecule has 0 aliphatic carbocycles. The molecule has 0 fully saturated rings. The van der Waals surface area contributed by atoms with Gasteiger partial charge in [0.2, 0.25) is 0 Å². The molecular formula is C18H21N3O5S. The summed E-state index contributed by atoms with van der Waals surface area (Å²) in [5.74, 6) is 0. The second kappa shape index (κ2) is 8.36. The van der Waals surface area contributed by atoms with Crippen LogP contribution in [0.5, 0.6) is 0 Å². The van der Waals surface area contributed by atoms with Gasteiger partial charge in [0.1, 0.15) is 0 Å². The van der Waals surface area contributed by atoms with Gasteiger partial charge in [-0.3, -0.25) is 20.2 Å². The van der Waals surface area contributed by atoms with E-state index in [0.717, 1.165) is 11.1 Å². The molecule has 0 saturated heterocycles. The van der Waals surface area contributed by atoms with Crippen LogP contribution in [0.4, 0.5) is 11.4 Å². The van der Waals surface area contributed by atoms with Crippen LogP contribution in [-0.2, 0) is 17.4 Å². The van der Waals surface area contributed by atoms with Crippen molar-refractivity contribution in [3.63, 3.8) is 0 Å². The zero-order chi connectivity index (χ0) is 20.2. The van der Waals surface area contributed by atoms with Crippen LogP contribution in [0, 0.1) is 20.2 Å². The molecule has 0 aromatic heterocycles. The van der Waals surface area contributed by atoms with E-state index in [-0.39, 0.29) is 17.4 Å². The highest BCUT2D eigenvalue weighted by atomic mass is 32.2.